The van der Waals surface area contributed by atoms with E-state index in [1.807, 2.05) is 0 Å². The molecule has 2 rings (SSSR count). The highest BCUT2D eigenvalue weighted by Gasteiger charge is 2.31. The second-order valence-corrected chi connectivity index (χ2v) is 4.07. The number of nitrogens with one attached hydrogen (secondary N) is 1. The Balaban J connectivity index is 2.44. The third-order valence-electron chi connectivity index (χ3n) is 2.86. The van der Waals surface area contributed by atoms with Crippen LogP contribution in [-0.2, 0) is 4.79 Å². The first kappa shape index (κ1) is 12.3. The van der Waals surface area contributed by atoms with E-state index in [1.54, 1.807) is 13.1 Å². The van der Waals surface area contributed by atoms with E-state index in [4.69, 9.17) is 0 Å². The molecule has 0 bridgehead atoms. The summed E-state index contributed by atoms with van der Waals surface area (Å²) in [5.41, 5.74) is 0.953. The minimum absolute atomic E-state index is 0.0475. The van der Waals surface area contributed by atoms with Gasteiger partial charge in [-0.25, -0.2) is 0 Å². The van der Waals surface area contributed by atoms with Gasteiger partial charge in [0.05, 0.1) is 35.4 Å². The molecule has 18 heavy (non-hydrogen) atoms. The van der Waals surface area contributed by atoms with Crippen LogP contribution in [-0.4, -0.2) is 35.6 Å². The van der Waals surface area contributed by atoms with Crippen LogP contribution in [0.5, 0.6) is 0 Å². The molecule has 2 N–H and O–H groups in total. The molecule has 1 aliphatic heterocycles. The molecule has 0 aliphatic carbocycles. The van der Waals surface area contributed by atoms with Crippen LogP contribution in [0.1, 0.15) is 6.42 Å². The number of amides is 1. The molecule has 0 radical (unpaired) electrons. The quantitative estimate of drug-likeness (QED) is 0.610. The fraction of sp³-hybridized carbons (Fsp3) is 0.364. The zero-order valence-electron chi connectivity index (χ0n) is 9.79. The normalized spacial score (nSPS) is 19.1. The van der Waals surface area contributed by atoms with Crippen LogP contribution >= 0.6 is 0 Å². The Morgan fingerprint density at radius 3 is 2.78 bits per heavy atom. The number of hydrogen-bond acceptors (Lipinski definition) is 5. The first-order valence-corrected chi connectivity index (χ1v) is 5.47. The average molecular weight is 251 g/mol. The van der Waals surface area contributed by atoms with Crippen molar-refractivity contribution in [3.05, 3.63) is 28.3 Å². The summed E-state index contributed by atoms with van der Waals surface area (Å²) < 4.78 is 0. The summed E-state index contributed by atoms with van der Waals surface area (Å²) in [6.45, 7) is 0.161. The lowest BCUT2D eigenvalue weighted by Gasteiger charge is -2.19. The van der Waals surface area contributed by atoms with Crippen molar-refractivity contribution in [2.45, 2.75) is 12.5 Å². The maximum Gasteiger partial charge on any atom is 0.271 e. The van der Waals surface area contributed by atoms with Gasteiger partial charge < -0.3 is 15.3 Å². The van der Waals surface area contributed by atoms with E-state index < -0.39 is 11.0 Å². The Labute approximate surface area is 103 Å². The third kappa shape index (κ3) is 2.12. The van der Waals surface area contributed by atoms with Crippen LogP contribution in [0.25, 0.3) is 0 Å². The van der Waals surface area contributed by atoms with Crippen LogP contribution in [0, 0.1) is 10.1 Å². The van der Waals surface area contributed by atoms with Gasteiger partial charge >= 0.3 is 0 Å². The number of hydrogen-bond donors (Lipinski definition) is 2. The lowest BCUT2D eigenvalue weighted by molar-refractivity contribution is -0.384. The fourth-order valence-corrected chi connectivity index (χ4v) is 1.99. The van der Waals surface area contributed by atoms with Gasteiger partial charge in [-0.05, 0) is 6.07 Å². The zero-order valence-corrected chi connectivity index (χ0v) is 9.79. The number of aliphatic hydroxyl groups excluding tert-OH is 1. The second kappa shape index (κ2) is 4.61. The molecule has 1 atom stereocenters. The van der Waals surface area contributed by atoms with E-state index in [0.717, 1.165) is 0 Å². The van der Waals surface area contributed by atoms with Gasteiger partial charge in [0.15, 0.2) is 0 Å². The molecular formula is C11H13N3O4. The number of nitrogens with zero attached hydrogens (tertiary/aromatic N) is 2. The lowest BCUT2D eigenvalue weighted by Crippen LogP contribution is -2.26. The predicted molar refractivity (Wildman–Crippen MR) is 65.6 cm³/mol. The SMILES string of the molecule is CNc1ccc([N+](=O)[O-])cc1N1CC(O)CC1=O. The number of carbonyl (C=O) groups excluding carboxylic acids is 1. The standard InChI is InChI=1S/C11H13N3O4/c1-12-9-3-2-7(14(17)18)4-10(9)13-6-8(15)5-11(13)16/h2-4,8,12,15H,5-6H2,1H3. The Morgan fingerprint density at radius 1 is 1.56 bits per heavy atom. The van der Waals surface area contributed by atoms with Crippen molar-refractivity contribution in [1.29, 1.82) is 0 Å². The van der Waals surface area contributed by atoms with Gasteiger partial charge in [-0.3, -0.25) is 14.9 Å². The summed E-state index contributed by atoms with van der Waals surface area (Å²) in [6, 6.07) is 4.25. The molecule has 7 heteroatoms. The molecule has 1 aromatic rings. The molecule has 1 amide bonds. The maximum atomic E-state index is 11.7. The monoisotopic (exact) mass is 251 g/mol. The molecule has 96 valence electrons. The van der Waals surface area contributed by atoms with E-state index in [0.29, 0.717) is 11.4 Å². The highest BCUT2D eigenvalue weighted by Crippen LogP contribution is 2.32. The van der Waals surface area contributed by atoms with Crippen LogP contribution in [0.15, 0.2) is 18.2 Å². The van der Waals surface area contributed by atoms with Gasteiger partial charge in [0, 0.05) is 19.2 Å². The number of benzene rings is 1. The predicted octanol–water partition coefficient (Wildman–Crippen LogP) is 0.734. The second-order valence-electron chi connectivity index (χ2n) is 4.07. The largest absolute Gasteiger partial charge is 0.391 e. The number of nitro groups is 1. The summed E-state index contributed by atoms with van der Waals surface area (Å²) in [6.07, 6.45) is -0.673. The molecular weight excluding hydrogens is 238 g/mol. The summed E-state index contributed by atoms with van der Waals surface area (Å²) in [4.78, 5) is 23.3. The number of carbonyl (C=O) groups is 1. The Kier molecular flexibility index (Phi) is 3.15. The van der Waals surface area contributed by atoms with Gasteiger partial charge in [0.1, 0.15) is 0 Å². The van der Waals surface area contributed by atoms with E-state index in [9.17, 15) is 20.0 Å². The smallest absolute Gasteiger partial charge is 0.271 e. The number of non-ortho nitro benzene ring substituents is 1. The molecule has 1 heterocycles. The van der Waals surface area contributed by atoms with Crippen molar-refractivity contribution in [3.63, 3.8) is 0 Å². The Morgan fingerprint density at radius 2 is 2.28 bits per heavy atom. The van der Waals surface area contributed by atoms with Crippen LogP contribution < -0.4 is 10.2 Å². The van der Waals surface area contributed by atoms with Crippen LogP contribution in [0.3, 0.4) is 0 Å². The highest BCUT2D eigenvalue weighted by atomic mass is 16.6. The minimum Gasteiger partial charge on any atom is -0.391 e. The Hall–Kier alpha value is -2.15. The summed E-state index contributed by atoms with van der Waals surface area (Å²) in [5.74, 6) is -0.237. The van der Waals surface area contributed by atoms with E-state index in [1.165, 1.54) is 17.0 Å². The molecule has 0 aromatic heterocycles. The molecule has 1 aromatic carbocycles. The number of rotatable bonds is 3. The van der Waals surface area contributed by atoms with Gasteiger partial charge in [-0.2, -0.15) is 0 Å². The van der Waals surface area contributed by atoms with Gasteiger partial charge in [0.25, 0.3) is 5.69 Å². The van der Waals surface area contributed by atoms with Crippen molar-refractivity contribution < 1.29 is 14.8 Å². The summed E-state index contributed by atoms with van der Waals surface area (Å²) in [7, 11) is 1.67. The van der Waals surface area contributed by atoms with Gasteiger partial charge in [0.2, 0.25) is 5.91 Å². The topological polar surface area (TPSA) is 95.7 Å². The van der Waals surface area contributed by atoms with Crippen molar-refractivity contribution in [2.75, 3.05) is 23.8 Å². The van der Waals surface area contributed by atoms with Crippen LogP contribution in [0.2, 0.25) is 0 Å². The average Bonchev–Trinajstić information content (AvgIpc) is 2.67. The van der Waals surface area contributed by atoms with E-state index >= 15 is 0 Å². The summed E-state index contributed by atoms with van der Waals surface area (Å²) in [5, 5.41) is 23.1. The van der Waals surface area contributed by atoms with Crippen molar-refractivity contribution in [1.82, 2.24) is 0 Å². The number of aliphatic hydroxyl groups is 1. The van der Waals surface area contributed by atoms with Crippen molar-refractivity contribution in [2.24, 2.45) is 0 Å². The molecule has 0 saturated carbocycles. The van der Waals surface area contributed by atoms with Gasteiger partial charge in [-0.1, -0.05) is 0 Å². The van der Waals surface area contributed by atoms with E-state index in [2.05, 4.69) is 5.32 Å². The Bertz CT molecular complexity index is 503. The van der Waals surface area contributed by atoms with Crippen molar-refractivity contribution in [3.8, 4) is 0 Å². The molecule has 0 spiro atoms. The number of β-amino-alcohol motifs (C(OH)–C–C–N with tert-alkyl or cyclic N) is 1. The highest BCUT2D eigenvalue weighted by molar-refractivity contribution is 5.99. The van der Waals surface area contributed by atoms with Crippen molar-refractivity contribution >= 4 is 23.0 Å². The summed E-state index contributed by atoms with van der Waals surface area (Å²) >= 11 is 0. The first-order chi connectivity index (χ1) is 8.52. The molecule has 1 unspecified atom stereocenters. The maximum absolute atomic E-state index is 11.7. The number of anilines is 2. The molecule has 7 nitrogen and oxygen atoms in total. The first-order valence-electron chi connectivity index (χ1n) is 5.47. The molecule has 1 saturated heterocycles. The van der Waals surface area contributed by atoms with E-state index in [-0.39, 0.29) is 24.6 Å². The number of nitro benzene ring substituents is 1. The van der Waals surface area contributed by atoms with Gasteiger partial charge in [-0.15, -0.1) is 0 Å². The zero-order chi connectivity index (χ0) is 13.3. The third-order valence-corrected chi connectivity index (χ3v) is 2.86. The minimum atomic E-state index is -0.721. The van der Waals surface area contributed by atoms with Crippen LogP contribution in [0.4, 0.5) is 17.1 Å². The fourth-order valence-electron chi connectivity index (χ4n) is 1.99. The lowest BCUT2D eigenvalue weighted by atomic mass is 10.2. The molecule has 1 fully saturated rings. The molecule has 1 aliphatic rings.